The molecule has 0 unspecified atom stereocenters. The lowest BCUT2D eigenvalue weighted by molar-refractivity contribution is -0.144. The third kappa shape index (κ3) is 4.49. The standard InChI is InChI=1S/C12H18F3N3O/c1-18(8-12(13,14)15)7-10-16-11(19-17-10)9-5-3-2-4-6-9/h9H,2-8H2,1H3. The molecular weight excluding hydrogens is 259 g/mol. The van der Waals surface area contributed by atoms with Crippen molar-refractivity contribution in [3.63, 3.8) is 0 Å². The summed E-state index contributed by atoms with van der Waals surface area (Å²) in [6, 6.07) is 0. The molecule has 1 aliphatic carbocycles. The summed E-state index contributed by atoms with van der Waals surface area (Å²) in [5.41, 5.74) is 0. The molecule has 0 saturated heterocycles. The minimum atomic E-state index is -4.20. The Labute approximate surface area is 110 Å². The molecule has 0 aromatic carbocycles. The van der Waals surface area contributed by atoms with Gasteiger partial charge in [-0.05, 0) is 19.9 Å². The van der Waals surface area contributed by atoms with Gasteiger partial charge in [0.15, 0.2) is 5.82 Å². The highest BCUT2D eigenvalue weighted by Crippen LogP contribution is 2.31. The Hall–Kier alpha value is -1.11. The molecule has 19 heavy (non-hydrogen) atoms. The second-order valence-electron chi connectivity index (χ2n) is 5.17. The Kier molecular flexibility index (Phi) is 4.44. The van der Waals surface area contributed by atoms with E-state index in [1.165, 1.54) is 13.5 Å². The van der Waals surface area contributed by atoms with Crippen LogP contribution in [0.2, 0.25) is 0 Å². The largest absolute Gasteiger partial charge is 0.401 e. The van der Waals surface area contributed by atoms with Gasteiger partial charge in [-0.3, -0.25) is 4.90 Å². The van der Waals surface area contributed by atoms with Gasteiger partial charge in [-0.1, -0.05) is 24.4 Å². The molecule has 0 aliphatic heterocycles. The topological polar surface area (TPSA) is 42.2 Å². The quantitative estimate of drug-likeness (QED) is 0.848. The fourth-order valence-corrected chi connectivity index (χ4v) is 2.45. The summed E-state index contributed by atoms with van der Waals surface area (Å²) in [7, 11) is 1.39. The third-order valence-electron chi connectivity index (χ3n) is 3.30. The first kappa shape index (κ1) is 14.3. The number of rotatable bonds is 4. The number of hydrogen-bond donors (Lipinski definition) is 0. The number of hydrogen-bond acceptors (Lipinski definition) is 4. The molecular formula is C12H18F3N3O. The van der Waals surface area contributed by atoms with E-state index in [1.807, 2.05) is 0 Å². The van der Waals surface area contributed by atoms with Crippen LogP contribution < -0.4 is 0 Å². The maximum absolute atomic E-state index is 12.2. The van der Waals surface area contributed by atoms with Crippen LogP contribution in [0.15, 0.2) is 4.52 Å². The van der Waals surface area contributed by atoms with Gasteiger partial charge in [-0.2, -0.15) is 18.2 Å². The zero-order valence-electron chi connectivity index (χ0n) is 10.9. The predicted octanol–water partition coefficient (Wildman–Crippen LogP) is 3.11. The van der Waals surface area contributed by atoms with Gasteiger partial charge in [-0.25, -0.2) is 0 Å². The lowest BCUT2D eigenvalue weighted by Crippen LogP contribution is -2.30. The average Bonchev–Trinajstić information content (AvgIpc) is 2.76. The van der Waals surface area contributed by atoms with Crippen LogP contribution >= 0.6 is 0 Å². The summed E-state index contributed by atoms with van der Waals surface area (Å²) in [4.78, 5) is 5.35. The van der Waals surface area contributed by atoms with Gasteiger partial charge < -0.3 is 4.52 Å². The van der Waals surface area contributed by atoms with Crippen LogP contribution in [0, 0.1) is 0 Å². The molecule has 1 saturated carbocycles. The molecule has 1 aromatic rings. The Balaban J connectivity index is 1.89. The van der Waals surface area contributed by atoms with Gasteiger partial charge in [0, 0.05) is 5.92 Å². The van der Waals surface area contributed by atoms with Crippen molar-refractivity contribution in [1.29, 1.82) is 0 Å². The van der Waals surface area contributed by atoms with E-state index >= 15 is 0 Å². The molecule has 7 heteroatoms. The van der Waals surface area contributed by atoms with Crippen molar-refractivity contribution in [2.24, 2.45) is 0 Å². The van der Waals surface area contributed by atoms with Crippen LogP contribution in [0.1, 0.15) is 49.7 Å². The molecule has 108 valence electrons. The van der Waals surface area contributed by atoms with Crippen LogP contribution in [-0.2, 0) is 6.54 Å². The maximum Gasteiger partial charge on any atom is 0.401 e. The van der Waals surface area contributed by atoms with Gasteiger partial charge in [0.2, 0.25) is 5.89 Å². The van der Waals surface area contributed by atoms with E-state index in [4.69, 9.17) is 4.52 Å². The van der Waals surface area contributed by atoms with Gasteiger partial charge in [0.25, 0.3) is 0 Å². The van der Waals surface area contributed by atoms with E-state index in [0.29, 0.717) is 11.7 Å². The molecule has 4 nitrogen and oxygen atoms in total. The Morgan fingerprint density at radius 2 is 1.95 bits per heavy atom. The Morgan fingerprint density at radius 3 is 2.58 bits per heavy atom. The summed E-state index contributed by atoms with van der Waals surface area (Å²) < 4.78 is 41.8. The summed E-state index contributed by atoms with van der Waals surface area (Å²) in [5.74, 6) is 1.19. The summed E-state index contributed by atoms with van der Waals surface area (Å²) in [6.07, 6.45) is 1.38. The summed E-state index contributed by atoms with van der Waals surface area (Å²) in [6.45, 7) is -0.921. The second kappa shape index (κ2) is 5.90. The molecule has 0 bridgehead atoms. The molecule has 1 heterocycles. The van der Waals surface area contributed by atoms with E-state index in [1.54, 1.807) is 0 Å². The van der Waals surface area contributed by atoms with Crippen LogP contribution in [0.3, 0.4) is 0 Å². The van der Waals surface area contributed by atoms with Gasteiger partial charge in [0.1, 0.15) is 0 Å². The minimum Gasteiger partial charge on any atom is -0.339 e. The van der Waals surface area contributed by atoms with E-state index in [9.17, 15) is 13.2 Å². The first-order chi connectivity index (χ1) is 8.94. The highest BCUT2D eigenvalue weighted by molar-refractivity contribution is 4.95. The normalized spacial score (nSPS) is 18.2. The average molecular weight is 277 g/mol. The molecule has 0 atom stereocenters. The van der Waals surface area contributed by atoms with Crippen molar-refractivity contribution in [3.05, 3.63) is 11.7 Å². The second-order valence-corrected chi connectivity index (χ2v) is 5.17. The highest BCUT2D eigenvalue weighted by atomic mass is 19.4. The first-order valence-corrected chi connectivity index (χ1v) is 6.52. The molecule has 1 fully saturated rings. The van der Waals surface area contributed by atoms with E-state index < -0.39 is 12.7 Å². The number of aromatic nitrogens is 2. The highest BCUT2D eigenvalue weighted by Gasteiger charge is 2.30. The van der Waals surface area contributed by atoms with Crippen LogP contribution in [0.25, 0.3) is 0 Å². The number of alkyl halides is 3. The van der Waals surface area contributed by atoms with Crippen molar-refractivity contribution in [2.75, 3.05) is 13.6 Å². The Bertz CT molecular complexity index is 399. The van der Waals surface area contributed by atoms with E-state index in [-0.39, 0.29) is 12.5 Å². The monoisotopic (exact) mass is 277 g/mol. The number of halogens is 3. The fraction of sp³-hybridized carbons (Fsp3) is 0.833. The Morgan fingerprint density at radius 1 is 1.26 bits per heavy atom. The van der Waals surface area contributed by atoms with Gasteiger partial charge >= 0.3 is 6.18 Å². The molecule has 0 N–H and O–H groups in total. The molecule has 1 aliphatic rings. The van der Waals surface area contributed by atoms with Crippen LogP contribution in [0.4, 0.5) is 13.2 Å². The number of nitrogens with zero attached hydrogens (tertiary/aromatic N) is 3. The fourth-order valence-electron chi connectivity index (χ4n) is 2.45. The molecule has 0 amide bonds. The van der Waals surface area contributed by atoms with E-state index in [0.717, 1.165) is 30.6 Å². The van der Waals surface area contributed by atoms with Crippen molar-refractivity contribution in [2.45, 2.75) is 50.7 Å². The molecule has 1 aromatic heterocycles. The van der Waals surface area contributed by atoms with Crippen molar-refractivity contribution < 1.29 is 17.7 Å². The predicted molar refractivity (Wildman–Crippen MR) is 62.5 cm³/mol. The first-order valence-electron chi connectivity index (χ1n) is 6.52. The van der Waals surface area contributed by atoms with Crippen molar-refractivity contribution in [1.82, 2.24) is 15.0 Å². The third-order valence-corrected chi connectivity index (χ3v) is 3.30. The minimum absolute atomic E-state index is 0.0513. The van der Waals surface area contributed by atoms with Crippen LogP contribution in [0.5, 0.6) is 0 Å². The SMILES string of the molecule is CN(Cc1noc(C2CCCCC2)n1)CC(F)(F)F. The van der Waals surface area contributed by atoms with Gasteiger partial charge in [0.05, 0.1) is 13.1 Å². The maximum atomic E-state index is 12.2. The van der Waals surface area contributed by atoms with Crippen LogP contribution in [-0.4, -0.2) is 34.8 Å². The zero-order valence-corrected chi connectivity index (χ0v) is 10.9. The molecule has 2 rings (SSSR count). The smallest absolute Gasteiger partial charge is 0.339 e. The molecule has 0 spiro atoms. The van der Waals surface area contributed by atoms with E-state index in [2.05, 4.69) is 10.1 Å². The lowest BCUT2D eigenvalue weighted by atomic mass is 9.89. The van der Waals surface area contributed by atoms with Gasteiger partial charge in [-0.15, -0.1) is 0 Å². The summed E-state index contributed by atoms with van der Waals surface area (Å²) >= 11 is 0. The lowest BCUT2D eigenvalue weighted by Gasteiger charge is -2.17. The summed E-state index contributed by atoms with van der Waals surface area (Å²) in [5, 5.41) is 3.77. The van der Waals surface area contributed by atoms with Crippen molar-refractivity contribution >= 4 is 0 Å². The zero-order chi connectivity index (χ0) is 13.9. The molecule has 0 radical (unpaired) electrons. The van der Waals surface area contributed by atoms with Crippen molar-refractivity contribution in [3.8, 4) is 0 Å².